The fourth-order valence-corrected chi connectivity index (χ4v) is 1.71. The Labute approximate surface area is 96.8 Å². The Morgan fingerprint density at radius 3 is 3.00 bits per heavy atom. The van der Waals surface area contributed by atoms with Gasteiger partial charge in [0.05, 0.1) is 6.61 Å². The van der Waals surface area contributed by atoms with E-state index in [2.05, 4.69) is 20.4 Å². The van der Waals surface area contributed by atoms with Crippen molar-refractivity contribution in [3.63, 3.8) is 0 Å². The quantitative estimate of drug-likeness (QED) is 0.779. The molecule has 1 heterocycles. The van der Waals surface area contributed by atoms with Gasteiger partial charge in [-0.25, -0.2) is 9.78 Å². The van der Waals surface area contributed by atoms with Gasteiger partial charge in [-0.05, 0) is 26.1 Å². The Morgan fingerprint density at radius 1 is 1.73 bits per heavy atom. The average molecular weight is 245 g/mol. The van der Waals surface area contributed by atoms with E-state index >= 15 is 0 Å². The number of hydrogen-bond donors (Lipinski definition) is 2. The third kappa shape index (κ3) is 4.22. The molecule has 0 atom stereocenters. The first kappa shape index (κ1) is 11.9. The fraction of sp³-hybridized carbons (Fsp3) is 0.375. The molecule has 0 saturated heterocycles. The molecular formula is C8H11N3O2S2. The molecule has 0 spiro atoms. The molecule has 82 valence electrons. The Hall–Kier alpha value is -1.21. The van der Waals surface area contributed by atoms with Crippen LogP contribution in [0.5, 0.6) is 0 Å². The maximum absolute atomic E-state index is 11.0. The molecule has 1 aromatic rings. The third-order valence-electron chi connectivity index (χ3n) is 1.33. The highest BCUT2D eigenvalue weighted by Gasteiger charge is 2.06. The van der Waals surface area contributed by atoms with Crippen LogP contribution >= 0.6 is 23.6 Å². The number of alkyl carbamates (subject to hydrolysis) is 1. The molecule has 0 bridgehead atoms. The van der Waals surface area contributed by atoms with Crippen molar-refractivity contribution in [3.05, 3.63) is 11.1 Å². The first-order valence-electron chi connectivity index (χ1n) is 4.29. The molecule has 5 nitrogen and oxygen atoms in total. The topological polar surface area (TPSA) is 63.2 Å². The van der Waals surface area contributed by atoms with Crippen LogP contribution in [-0.2, 0) is 4.74 Å². The number of amides is 1. The van der Waals surface area contributed by atoms with Crippen molar-refractivity contribution in [2.24, 2.45) is 0 Å². The van der Waals surface area contributed by atoms with E-state index in [4.69, 9.17) is 12.2 Å². The van der Waals surface area contributed by atoms with Gasteiger partial charge in [0.15, 0.2) is 10.2 Å². The zero-order valence-electron chi connectivity index (χ0n) is 8.36. The van der Waals surface area contributed by atoms with E-state index in [1.54, 1.807) is 13.1 Å². The largest absolute Gasteiger partial charge is 0.450 e. The highest BCUT2D eigenvalue weighted by molar-refractivity contribution is 7.80. The van der Waals surface area contributed by atoms with Crippen LogP contribution in [0.4, 0.5) is 9.93 Å². The summed E-state index contributed by atoms with van der Waals surface area (Å²) >= 11 is 6.33. The van der Waals surface area contributed by atoms with Crippen molar-refractivity contribution in [2.45, 2.75) is 13.8 Å². The van der Waals surface area contributed by atoms with Gasteiger partial charge in [-0.15, -0.1) is 11.3 Å². The number of carbonyl (C=O) groups excluding carboxylic acids is 1. The van der Waals surface area contributed by atoms with Crippen LogP contribution in [0.1, 0.15) is 11.8 Å². The SMILES string of the molecule is CCOC(=O)NC(=S)Nc1ncc(C)s1. The first-order valence-corrected chi connectivity index (χ1v) is 5.51. The molecule has 0 aliphatic heterocycles. The Balaban J connectivity index is 2.39. The molecule has 0 fully saturated rings. The van der Waals surface area contributed by atoms with Gasteiger partial charge >= 0.3 is 6.09 Å². The number of aromatic nitrogens is 1. The van der Waals surface area contributed by atoms with Crippen LogP contribution in [0.2, 0.25) is 0 Å². The van der Waals surface area contributed by atoms with E-state index in [1.807, 2.05) is 6.92 Å². The normalized spacial score (nSPS) is 9.47. The second-order valence-corrected chi connectivity index (χ2v) is 4.22. The highest BCUT2D eigenvalue weighted by Crippen LogP contribution is 2.15. The van der Waals surface area contributed by atoms with Gasteiger partial charge in [0.1, 0.15) is 0 Å². The lowest BCUT2D eigenvalue weighted by molar-refractivity contribution is 0.158. The van der Waals surface area contributed by atoms with Gasteiger partial charge in [0.2, 0.25) is 0 Å². The van der Waals surface area contributed by atoms with Crippen molar-refractivity contribution < 1.29 is 9.53 Å². The molecule has 15 heavy (non-hydrogen) atoms. The second-order valence-electron chi connectivity index (χ2n) is 2.58. The minimum atomic E-state index is -0.566. The minimum Gasteiger partial charge on any atom is -0.450 e. The van der Waals surface area contributed by atoms with Crippen LogP contribution in [0.3, 0.4) is 0 Å². The van der Waals surface area contributed by atoms with Gasteiger partial charge in [-0.3, -0.25) is 5.32 Å². The zero-order chi connectivity index (χ0) is 11.3. The van der Waals surface area contributed by atoms with Crippen molar-refractivity contribution in [1.29, 1.82) is 0 Å². The Bertz CT molecular complexity index is 365. The van der Waals surface area contributed by atoms with Crippen LogP contribution in [0.15, 0.2) is 6.20 Å². The molecule has 0 aliphatic rings. The summed E-state index contributed by atoms with van der Waals surface area (Å²) in [4.78, 5) is 16.1. The van der Waals surface area contributed by atoms with Crippen molar-refractivity contribution in [3.8, 4) is 0 Å². The number of nitrogens with one attached hydrogen (secondary N) is 2. The van der Waals surface area contributed by atoms with Crippen LogP contribution in [0, 0.1) is 6.92 Å². The lowest BCUT2D eigenvalue weighted by atomic mass is 10.7. The summed E-state index contributed by atoms with van der Waals surface area (Å²) in [5.74, 6) is 0. The number of rotatable bonds is 2. The Kier molecular flexibility index (Phi) is 4.44. The predicted octanol–water partition coefficient (Wildman–Crippen LogP) is 1.89. The molecular weight excluding hydrogens is 234 g/mol. The minimum absolute atomic E-state index is 0.183. The predicted molar refractivity (Wildman–Crippen MR) is 63.2 cm³/mol. The van der Waals surface area contributed by atoms with E-state index in [0.29, 0.717) is 11.7 Å². The lowest BCUT2D eigenvalue weighted by Crippen LogP contribution is -2.34. The molecule has 0 radical (unpaired) electrons. The molecule has 0 unspecified atom stereocenters. The van der Waals surface area contributed by atoms with E-state index in [1.165, 1.54) is 11.3 Å². The highest BCUT2D eigenvalue weighted by atomic mass is 32.1. The molecule has 0 aromatic carbocycles. The van der Waals surface area contributed by atoms with E-state index < -0.39 is 6.09 Å². The third-order valence-corrected chi connectivity index (χ3v) is 2.37. The van der Waals surface area contributed by atoms with Crippen LogP contribution in [-0.4, -0.2) is 22.8 Å². The second kappa shape index (κ2) is 5.62. The van der Waals surface area contributed by atoms with Crippen molar-refractivity contribution >= 4 is 39.9 Å². The number of aryl methyl sites for hydroxylation is 1. The van der Waals surface area contributed by atoms with Crippen LogP contribution in [0.25, 0.3) is 0 Å². The fourth-order valence-electron chi connectivity index (χ4n) is 0.801. The Morgan fingerprint density at radius 2 is 2.47 bits per heavy atom. The van der Waals surface area contributed by atoms with Crippen LogP contribution < -0.4 is 10.6 Å². The summed E-state index contributed by atoms with van der Waals surface area (Å²) in [6.45, 7) is 3.97. The standard InChI is InChI=1S/C8H11N3O2S2/c1-3-13-8(12)11-6(14)10-7-9-4-5(2)15-7/h4H,3H2,1-2H3,(H2,9,10,11,12,14). The van der Waals surface area contributed by atoms with E-state index in [-0.39, 0.29) is 5.11 Å². The van der Waals surface area contributed by atoms with E-state index in [0.717, 1.165) is 4.88 Å². The number of nitrogens with zero attached hydrogens (tertiary/aromatic N) is 1. The molecule has 7 heteroatoms. The number of carbonyl (C=O) groups is 1. The molecule has 1 rings (SSSR count). The van der Waals surface area contributed by atoms with Gasteiger partial charge in [-0.1, -0.05) is 0 Å². The van der Waals surface area contributed by atoms with Crippen molar-refractivity contribution in [1.82, 2.24) is 10.3 Å². The molecule has 2 N–H and O–H groups in total. The molecule has 1 aromatic heterocycles. The summed E-state index contributed by atoms with van der Waals surface area (Å²) in [5, 5.41) is 5.97. The summed E-state index contributed by atoms with van der Waals surface area (Å²) in [6, 6.07) is 0. The summed E-state index contributed by atoms with van der Waals surface area (Å²) in [6.07, 6.45) is 1.16. The van der Waals surface area contributed by atoms with Gasteiger partial charge in [0.25, 0.3) is 0 Å². The van der Waals surface area contributed by atoms with Gasteiger partial charge in [0, 0.05) is 11.1 Å². The lowest BCUT2D eigenvalue weighted by Gasteiger charge is -2.06. The number of thiazole rings is 1. The number of anilines is 1. The summed E-state index contributed by atoms with van der Waals surface area (Å²) in [5.41, 5.74) is 0. The van der Waals surface area contributed by atoms with E-state index in [9.17, 15) is 4.79 Å². The molecule has 0 saturated carbocycles. The zero-order valence-corrected chi connectivity index (χ0v) is 10.00. The first-order chi connectivity index (χ1) is 7.11. The van der Waals surface area contributed by atoms with Gasteiger partial charge in [-0.2, -0.15) is 0 Å². The average Bonchev–Trinajstić information content (AvgIpc) is 2.51. The molecule has 1 amide bonds. The van der Waals surface area contributed by atoms with Gasteiger partial charge < -0.3 is 10.1 Å². The number of hydrogen-bond acceptors (Lipinski definition) is 5. The summed E-state index contributed by atoms with van der Waals surface area (Å²) in [7, 11) is 0. The maximum atomic E-state index is 11.0. The number of ether oxygens (including phenoxy) is 1. The number of thiocarbonyl (C=S) groups is 1. The monoisotopic (exact) mass is 245 g/mol. The maximum Gasteiger partial charge on any atom is 0.413 e. The summed E-state index contributed by atoms with van der Waals surface area (Å²) < 4.78 is 4.66. The smallest absolute Gasteiger partial charge is 0.413 e. The molecule has 0 aliphatic carbocycles. The van der Waals surface area contributed by atoms with Crippen molar-refractivity contribution in [2.75, 3.05) is 11.9 Å².